The second kappa shape index (κ2) is 7.45. The second-order valence-corrected chi connectivity index (χ2v) is 6.77. The molecule has 4 aromatic rings. The van der Waals surface area contributed by atoms with Crippen molar-refractivity contribution >= 4 is 45.1 Å². The van der Waals surface area contributed by atoms with Gasteiger partial charge in [0.05, 0.1) is 6.21 Å². The van der Waals surface area contributed by atoms with Crippen LogP contribution in [-0.4, -0.2) is 11.4 Å². The Kier molecular flexibility index (Phi) is 4.71. The molecule has 1 heterocycles. The van der Waals surface area contributed by atoms with Crippen LogP contribution in [0, 0.1) is 0 Å². The maximum Gasteiger partial charge on any atom is 0.180 e. The summed E-state index contributed by atoms with van der Waals surface area (Å²) in [6.07, 6.45) is 1.68. The summed E-state index contributed by atoms with van der Waals surface area (Å²) in [5.74, 6) is 0.769. The zero-order chi connectivity index (χ0) is 17.8. The molecule has 0 fully saturated rings. The van der Waals surface area contributed by atoms with E-state index in [1.54, 1.807) is 6.21 Å². The Bertz CT molecular complexity index is 1100. The lowest BCUT2D eigenvalue weighted by atomic mass is 10.1. The monoisotopic (exact) mass is 359 g/mol. The van der Waals surface area contributed by atoms with Crippen LogP contribution >= 0.6 is 11.8 Å². The van der Waals surface area contributed by atoms with Crippen molar-refractivity contribution in [1.82, 2.24) is 0 Å². The van der Waals surface area contributed by atoms with Crippen LogP contribution in [0.25, 0.3) is 21.9 Å². The number of fused-ring (bicyclic) bond motifs is 3. The molecular weight excluding hydrogens is 342 g/mol. The van der Waals surface area contributed by atoms with Gasteiger partial charge in [0.25, 0.3) is 0 Å². The molecule has 2 N–H and O–H groups in total. The largest absolute Gasteiger partial charge is 0.455 e. The maximum absolute atomic E-state index is 5.97. The van der Waals surface area contributed by atoms with Gasteiger partial charge in [0.1, 0.15) is 11.2 Å². The van der Waals surface area contributed by atoms with Crippen molar-refractivity contribution in [2.24, 2.45) is 15.9 Å². The Hall–Kier alpha value is -3.05. The van der Waals surface area contributed by atoms with Crippen LogP contribution in [0.1, 0.15) is 11.1 Å². The van der Waals surface area contributed by atoms with Gasteiger partial charge in [-0.3, -0.25) is 0 Å². The number of furan rings is 1. The normalized spacial score (nSPS) is 12.4. The van der Waals surface area contributed by atoms with E-state index in [0.717, 1.165) is 33.3 Å². The van der Waals surface area contributed by atoms with E-state index in [1.807, 2.05) is 54.6 Å². The minimum atomic E-state index is 0.432. The van der Waals surface area contributed by atoms with Gasteiger partial charge < -0.3 is 10.2 Å². The SMILES string of the molecule is NC(=NN=Cc1cccc2c1oc1ccccc12)SCc1ccccc1. The molecule has 1 aromatic heterocycles. The van der Waals surface area contributed by atoms with Crippen LogP contribution < -0.4 is 5.73 Å². The summed E-state index contributed by atoms with van der Waals surface area (Å²) >= 11 is 1.46. The van der Waals surface area contributed by atoms with Gasteiger partial charge in [-0.15, -0.1) is 5.10 Å². The molecule has 26 heavy (non-hydrogen) atoms. The molecule has 0 bridgehead atoms. The van der Waals surface area contributed by atoms with Crippen LogP contribution in [0.2, 0.25) is 0 Å². The third-order valence-corrected chi connectivity index (χ3v) is 4.87. The van der Waals surface area contributed by atoms with Crippen LogP contribution in [0.5, 0.6) is 0 Å². The highest BCUT2D eigenvalue weighted by molar-refractivity contribution is 8.13. The molecule has 0 amide bonds. The molecule has 0 radical (unpaired) electrons. The minimum Gasteiger partial charge on any atom is -0.455 e. The fourth-order valence-corrected chi connectivity index (χ4v) is 3.39. The zero-order valence-electron chi connectivity index (χ0n) is 14.0. The van der Waals surface area contributed by atoms with Gasteiger partial charge in [-0.25, -0.2) is 0 Å². The number of hydrogen-bond acceptors (Lipinski definition) is 4. The van der Waals surface area contributed by atoms with E-state index < -0.39 is 0 Å². The lowest BCUT2D eigenvalue weighted by Gasteiger charge is -1.99. The Morgan fingerprint density at radius 3 is 2.58 bits per heavy atom. The third-order valence-electron chi connectivity index (χ3n) is 4.02. The number of nitrogens with zero attached hydrogens (tertiary/aromatic N) is 2. The van der Waals surface area contributed by atoms with E-state index in [-0.39, 0.29) is 0 Å². The summed E-state index contributed by atoms with van der Waals surface area (Å²) in [4.78, 5) is 0. The van der Waals surface area contributed by atoms with E-state index >= 15 is 0 Å². The van der Waals surface area contributed by atoms with Crippen molar-refractivity contribution in [1.29, 1.82) is 0 Å². The van der Waals surface area contributed by atoms with Crippen LogP contribution in [0.15, 0.2) is 87.4 Å². The van der Waals surface area contributed by atoms with Crippen molar-refractivity contribution in [3.63, 3.8) is 0 Å². The van der Waals surface area contributed by atoms with Gasteiger partial charge in [0.15, 0.2) is 5.17 Å². The van der Waals surface area contributed by atoms with Gasteiger partial charge in [-0.1, -0.05) is 72.4 Å². The van der Waals surface area contributed by atoms with E-state index in [2.05, 4.69) is 28.4 Å². The number of nitrogens with two attached hydrogens (primary N) is 1. The summed E-state index contributed by atoms with van der Waals surface area (Å²) in [5.41, 5.74) is 9.69. The Labute approximate surface area is 155 Å². The predicted molar refractivity (Wildman–Crippen MR) is 111 cm³/mol. The molecule has 0 atom stereocenters. The van der Waals surface area contributed by atoms with Crippen molar-refractivity contribution in [3.05, 3.63) is 83.9 Å². The van der Waals surface area contributed by atoms with Gasteiger partial charge in [0.2, 0.25) is 0 Å². The number of hydrogen-bond donors (Lipinski definition) is 1. The van der Waals surface area contributed by atoms with Crippen LogP contribution in [0.3, 0.4) is 0 Å². The molecule has 0 unspecified atom stereocenters. The molecule has 4 nitrogen and oxygen atoms in total. The van der Waals surface area contributed by atoms with E-state index in [9.17, 15) is 0 Å². The summed E-state index contributed by atoms with van der Waals surface area (Å²) < 4.78 is 5.97. The van der Waals surface area contributed by atoms with Gasteiger partial charge in [-0.2, -0.15) is 5.10 Å². The van der Waals surface area contributed by atoms with Gasteiger partial charge in [-0.05, 0) is 17.7 Å². The quantitative estimate of drug-likeness (QED) is 0.311. The number of benzene rings is 3. The van der Waals surface area contributed by atoms with Crippen molar-refractivity contribution in [2.45, 2.75) is 5.75 Å². The molecule has 0 aliphatic rings. The molecule has 0 spiro atoms. The molecule has 128 valence electrons. The number of para-hydroxylation sites is 2. The van der Waals surface area contributed by atoms with Crippen molar-refractivity contribution in [3.8, 4) is 0 Å². The van der Waals surface area contributed by atoms with Gasteiger partial charge >= 0.3 is 0 Å². The average molecular weight is 359 g/mol. The van der Waals surface area contributed by atoms with Crippen LogP contribution in [-0.2, 0) is 5.75 Å². The van der Waals surface area contributed by atoms with E-state index in [0.29, 0.717) is 5.17 Å². The highest BCUT2D eigenvalue weighted by atomic mass is 32.2. The van der Waals surface area contributed by atoms with Crippen LogP contribution in [0.4, 0.5) is 0 Å². The molecule has 4 rings (SSSR count). The zero-order valence-corrected chi connectivity index (χ0v) is 14.8. The summed E-state index contributed by atoms with van der Waals surface area (Å²) in [6.45, 7) is 0. The number of rotatable bonds is 4. The third kappa shape index (κ3) is 3.48. The van der Waals surface area contributed by atoms with Gasteiger partial charge in [0, 0.05) is 22.1 Å². The first-order chi connectivity index (χ1) is 12.8. The van der Waals surface area contributed by atoms with Crippen molar-refractivity contribution in [2.75, 3.05) is 0 Å². The topological polar surface area (TPSA) is 63.9 Å². The number of amidine groups is 1. The number of thioether (sulfide) groups is 1. The predicted octanol–water partition coefficient (Wildman–Crippen LogP) is 5.17. The summed E-state index contributed by atoms with van der Waals surface area (Å²) in [6, 6.07) is 24.1. The molecule has 5 heteroatoms. The first-order valence-corrected chi connectivity index (χ1v) is 9.23. The Balaban J connectivity index is 1.53. The maximum atomic E-state index is 5.97. The second-order valence-electron chi connectivity index (χ2n) is 5.78. The molecular formula is C21H17N3OS. The standard InChI is InChI=1S/C21H17N3OS/c22-21(26-14-15-7-2-1-3-8-15)24-23-13-16-9-6-11-18-17-10-4-5-12-19(17)25-20(16)18/h1-13H,14H2,(H2,22,24). The first-order valence-electron chi connectivity index (χ1n) is 8.25. The molecule has 0 saturated heterocycles. The minimum absolute atomic E-state index is 0.432. The highest BCUT2D eigenvalue weighted by Gasteiger charge is 2.08. The first kappa shape index (κ1) is 16.4. The molecule has 3 aromatic carbocycles. The fraction of sp³-hybridized carbons (Fsp3) is 0.0476. The molecule has 0 saturated carbocycles. The van der Waals surface area contributed by atoms with E-state index in [4.69, 9.17) is 10.2 Å². The highest BCUT2D eigenvalue weighted by Crippen LogP contribution is 2.30. The summed E-state index contributed by atoms with van der Waals surface area (Å²) in [7, 11) is 0. The Morgan fingerprint density at radius 1 is 0.923 bits per heavy atom. The fourth-order valence-electron chi connectivity index (χ4n) is 2.78. The van der Waals surface area contributed by atoms with Crippen molar-refractivity contribution < 1.29 is 4.42 Å². The lowest BCUT2D eigenvalue weighted by molar-refractivity contribution is 0.668. The molecule has 0 aliphatic heterocycles. The lowest BCUT2D eigenvalue weighted by Crippen LogP contribution is -2.05. The smallest absolute Gasteiger partial charge is 0.180 e. The Morgan fingerprint density at radius 2 is 1.69 bits per heavy atom. The van der Waals surface area contributed by atoms with E-state index in [1.165, 1.54) is 17.3 Å². The summed E-state index contributed by atoms with van der Waals surface area (Å²) in [5, 5.41) is 10.8. The average Bonchev–Trinajstić information content (AvgIpc) is 3.07. The molecule has 0 aliphatic carbocycles.